The van der Waals surface area contributed by atoms with Crippen molar-refractivity contribution in [2.75, 3.05) is 15.5 Å². The molecule has 1 unspecified atom stereocenters. The number of carboxylic acids is 1. The zero-order valence-corrected chi connectivity index (χ0v) is 34.7. The number of carbonyl (C=O) groups excluding carboxylic acids is 4. The van der Waals surface area contributed by atoms with Crippen molar-refractivity contribution < 1.29 is 48.0 Å². The molecule has 6 aliphatic rings. The molecule has 0 fully saturated rings. The van der Waals surface area contributed by atoms with E-state index in [9.17, 15) is 29.1 Å². The molecule has 0 aromatic heterocycles. The molecule has 13 heteroatoms. The number of rotatable bonds is 10. The van der Waals surface area contributed by atoms with E-state index >= 15 is 0 Å². The predicted octanol–water partition coefficient (Wildman–Crippen LogP) is 8.14. The first-order chi connectivity index (χ1) is 28.9. The van der Waals surface area contributed by atoms with Gasteiger partial charge in [0, 0.05) is 6.92 Å². The fourth-order valence-corrected chi connectivity index (χ4v) is 10.7. The van der Waals surface area contributed by atoms with Gasteiger partial charge < -0.3 is 24.1 Å². The highest BCUT2D eigenvalue weighted by Crippen LogP contribution is 2.44. The number of hydrogen-bond donors (Lipinski definition) is 3. The Hall–Kier alpha value is -5.59. The van der Waals surface area contributed by atoms with Crippen molar-refractivity contribution in [3.8, 4) is 0 Å². The van der Waals surface area contributed by atoms with Gasteiger partial charge in [0.1, 0.15) is 0 Å². The van der Waals surface area contributed by atoms with Gasteiger partial charge in [0.25, 0.3) is 6.23 Å². The number of carboxylic acid groups (broad SMARTS) is 1. The van der Waals surface area contributed by atoms with E-state index in [0.29, 0.717) is 24.2 Å². The highest BCUT2D eigenvalue weighted by molar-refractivity contribution is 6.00. The van der Waals surface area contributed by atoms with Crippen LogP contribution in [0.25, 0.3) is 0 Å². The number of hydrogen-bond acceptors (Lipinski definition) is 9. The van der Waals surface area contributed by atoms with Gasteiger partial charge in [0.05, 0.1) is 23.2 Å². The van der Waals surface area contributed by atoms with Crippen LogP contribution in [0.1, 0.15) is 126 Å². The molecule has 0 heterocycles. The van der Waals surface area contributed by atoms with E-state index < -0.39 is 48.3 Å². The number of aliphatic carboxylic acids is 1. The summed E-state index contributed by atoms with van der Waals surface area (Å²) in [4.78, 5) is 71.2. The van der Waals surface area contributed by atoms with Crippen LogP contribution >= 0.6 is 0 Å². The molecule has 316 valence electrons. The second-order valence-corrected chi connectivity index (χ2v) is 17.5. The summed E-state index contributed by atoms with van der Waals surface area (Å²) in [6, 6.07) is 6.56. The monoisotopic (exact) mass is 819 g/mol. The number of ether oxygens (including phenoxy) is 4. The number of esters is 1. The molecule has 2 atom stereocenters. The summed E-state index contributed by atoms with van der Waals surface area (Å²) in [6.07, 6.45) is 8.14. The molecule has 6 aliphatic carbocycles. The summed E-state index contributed by atoms with van der Waals surface area (Å²) >= 11 is 0. The van der Waals surface area contributed by atoms with Crippen molar-refractivity contribution in [3.63, 3.8) is 0 Å². The molecule has 0 saturated carbocycles. The number of carbonyl (C=O) groups is 5. The maximum absolute atomic E-state index is 15.0. The van der Waals surface area contributed by atoms with Gasteiger partial charge in [-0.3, -0.25) is 10.6 Å². The van der Waals surface area contributed by atoms with Crippen LogP contribution in [0.4, 0.5) is 31.4 Å². The molecule has 9 rings (SSSR count). The third kappa shape index (κ3) is 7.23. The van der Waals surface area contributed by atoms with Crippen molar-refractivity contribution in [1.82, 2.24) is 0 Å². The molecule has 3 aromatic carbocycles. The summed E-state index contributed by atoms with van der Waals surface area (Å²) in [5.74, 6) is -5.50. The second-order valence-electron chi connectivity index (χ2n) is 17.5. The molecule has 13 nitrogen and oxygen atoms in total. The molecule has 0 radical (unpaired) electrons. The molecule has 0 saturated heterocycles. The summed E-state index contributed by atoms with van der Waals surface area (Å²) in [5, 5.41) is 16.7. The van der Waals surface area contributed by atoms with E-state index in [1.165, 1.54) is 22.3 Å². The topological polar surface area (TPSA) is 170 Å². The summed E-state index contributed by atoms with van der Waals surface area (Å²) in [5.41, 5.74) is 13.8. The van der Waals surface area contributed by atoms with E-state index in [2.05, 4.69) is 28.8 Å². The highest BCUT2D eigenvalue weighted by Gasteiger charge is 2.49. The van der Waals surface area contributed by atoms with Gasteiger partial charge >= 0.3 is 36.0 Å². The minimum Gasteiger partial charge on any atom is -0.477 e. The third-order valence-corrected chi connectivity index (χ3v) is 13.2. The van der Waals surface area contributed by atoms with E-state index in [0.717, 1.165) is 159 Å². The van der Waals surface area contributed by atoms with Crippen LogP contribution < -0.4 is 15.5 Å². The maximum Gasteiger partial charge on any atom is 0.421 e. The number of nitrogens with zero attached hydrogens (tertiary/aromatic N) is 1. The Morgan fingerprint density at radius 3 is 1.35 bits per heavy atom. The van der Waals surface area contributed by atoms with E-state index in [1.807, 2.05) is 0 Å². The molecule has 3 aromatic rings. The van der Waals surface area contributed by atoms with Crippen LogP contribution in [0.2, 0.25) is 0 Å². The highest BCUT2D eigenvalue weighted by atomic mass is 16.8. The van der Waals surface area contributed by atoms with Gasteiger partial charge in [0.15, 0.2) is 0 Å². The standard InChI is InChI=1S/C47H53N3O10/c1-25(2)57-43(53)47(3,59-45(55)49-39-34-18-6-12-28(34)23-29-13-7-19-35(29)39)60-46(56)50(40-36-20-8-14-30(36)24-31-15-9-21-37(31)40)41(42(51)52)58-44(54)48-38-32-16-4-10-26(32)22-27-11-5-17-33(27)38/h22-25,41H,4-21H2,1-3H3,(H,48,54)(H,49,55)(H,51,52)/t41?,47-/m1/s1. The minimum absolute atomic E-state index is 0.281. The smallest absolute Gasteiger partial charge is 0.421 e. The fourth-order valence-electron chi connectivity index (χ4n) is 10.7. The van der Waals surface area contributed by atoms with Crippen molar-refractivity contribution in [2.24, 2.45) is 0 Å². The lowest BCUT2D eigenvalue weighted by molar-refractivity contribution is -0.204. The number of amides is 3. The number of anilines is 3. The largest absolute Gasteiger partial charge is 0.477 e. The van der Waals surface area contributed by atoms with E-state index in [4.69, 9.17) is 18.9 Å². The summed E-state index contributed by atoms with van der Waals surface area (Å²) < 4.78 is 23.1. The molecule has 60 heavy (non-hydrogen) atoms. The van der Waals surface area contributed by atoms with Crippen molar-refractivity contribution in [3.05, 3.63) is 85.0 Å². The van der Waals surface area contributed by atoms with Gasteiger partial charge in [-0.15, -0.1) is 0 Å². The maximum atomic E-state index is 15.0. The van der Waals surface area contributed by atoms with Crippen LogP contribution in [-0.4, -0.2) is 53.4 Å². The Morgan fingerprint density at radius 2 is 0.950 bits per heavy atom. The van der Waals surface area contributed by atoms with E-state index in [-0.39, 0.29) is 5.69 Å². The van der Waals surface area contributed by atoms with Gasteiger partial charge in [0.2, 0.25) is 0 Å². The number of nitrogens with one attached hydrogen (secondary N) is 2. The number of benzene rings is 3. The van der Waals surface area contributed by atoms with Gasteiger partial charge in [-0.05, 0) is 196 Å². The zero-order valence-electron chi connectivity index (χ0n) is 34.7. The molecule has 0 bridgehead atoms. The number of fused-ring (bicyclic) bond motifs is 6. The normalized spacial score (nSPS) is 18.0. The zero-order chi connectivity index (χ0) is 41.9. The second kappa shape index (κ2) is 15.8. The van der Waals surface area contributed by atoms with Crippen LogP contribution in [0.5, 0.6) is 0 Å². The van der Waals surface area contributed by atoms with Crippen molar-refractivity contribution in [1.29, 1.82) is 0 Å². The van der Waals surface area contributed by atoms with Gasteiger partial charge in [-0.2, -0.15) is 0 Å². The molecular weight excluding hydrogens is 767 g/mol. The average Bonchev–Trinajstić information content (AvgIpc) is 4.05. The first kappa shape index (κ1) is 39.8. The minimum atomic E-state index is -2.69. The van der Waals surface area contributed by atoms with Crippen LogP contribution in [-0.2, 0) is 106 Å². The Morgan fingerprint density at radius 1 is 0.567 bits per heavy atom. The molecular formula is C47H53N3O10. The van der Waals surface area contributed by atoms with Crippen LogP contribution in [0.15, 0.2) is 18.2 Å². The Kier molecular flexibility index (Phi) is 10.5. The SMILES string of the molecule is CC(C)OC(=O)[C@](C)(OC(=O)Nc1c2c(cc3c1CCC3)CCC2)OC(=O)N(c1c2c(cc3c1CCC3)CCC2)C(OC(=O)Nc1c2c(cc3c1CCC3)CCC2)C(=O)O. The Balaban J connectivity index is 1.07. The van der Waals surface area contributed by atoms with Crippen molar-refractivity contribution in [2.45, 2.75) is 154 Å². The Bertz CT molecular complexity index is 2240. The average molecular weight is 820 g/mol. The lowest BCUT2D eigenvalue weighted by Crippen LogP contribution is -2.54. The third-order valence-electron chi connectivity index (χ3n) is 13.2. The van der Waals surface area contributed by atoms with E-state index in [1.54, 1.807) is 13.8 Å². The lowest BCUT2D eigenvalue weighted by atomic mass is 9.97. The van der Waals surface area contributed by atoms with Gasteiger partial charge in [-0.25, -0.2) is 28.9 Å². The summed E-state index contributed by atoms with van der Waals surface area (Å²) in [6.45, 7) is 4.31. The quantitative estimate of drug-likeness (QED) is 0.103. The van der Waals surface area contributed by atoms with Crippen LogP contribution in [0, 0.1) is 0 Å². The summed E-state index contributed by atoms with van der Waals surface area (Å²) in [7, 11) is 0. The molecule has 0 spiro atoms. The predicted molar refractivity (Wildman–Crippen MR) is 222 cm³/mol. The van der Waals surface area contributed by atoms with Gasteiger partial charge in [-0.1, -0.05) is 18.2 Å². The van der Waals surface area contributed by atoms with Crippen molar-refractivity contribution >= 4 is 47.3 Å². The first-order valence-corrected chi connectivity index (χ1v) is 21.8. The molecule has 3 amide bonds. The Labute approximate surface area is 349 Å². The lowest BCUT2D eigenvalue weighted by Gasteiger charge is -2.34. The van der Waals surface area contributed by atoms with Crippen LogP contribution in [0.3, 0.4) is 0 Å². The molecule has 0 aliphatic heterocycles. The molecule has 3 N–H and O–H groups in total. The number of aryl methyl sites for hydroxylation is 6. The fraction of sp³-hybridized carbons (Fsp3) is 0.511. The first-order valence-electron chi connectivity index (χ1n) is 21.8.